The second kappa shape index (κ2) is 10.4. The van der Waals surface area contributed by atoms with Crippen molar-refractivity contribution < 1.29 is 4.79 Å². The molecule has 0 spiro atoms. The number of aryl methyl sites for hydroxylation is 4. The lowest BCUT2D eigenvalue weighted by molar-refractivity contribution is -0.120. The molecule has 4 N–H and O–H groups in total. The lowest BCUT2D eigenvalue weighted by Gasteiger charge is -2.15. The molecule has 2 aromatic carbocycles. The van der Waals surface area contributed by atoms with Gasteiger partial charge in [-0.25, -0.2) is 0 Å². The summed E-state index contributed by atoms with van der Waals surface area (Å²) in [5.41, 5.74) is 14.0. The minimum Gasteiger partial charge on any atom is -0.355 e. The number of aromatic nitrogens is 3. The molecule has 5 heterocycles. The van der Waals surface area contributed by atoms with E-state index in [1.807, 2.05) is 13.8 Å². The molecule has 8 bridgehead atoms. The summed E-state index contributed by atoms with van der Waals surface area (Å²) in [7, 11) is 0. The van der Waals surface area contributed by atoms with E-state index in [4.69, 9.17) is 0 Å². The van der Waals surface area contributed by atoms with Gasteiger partial charge in [-0.3, -0.25) is 4.79 Å². The van der Waals surface area contributed by atoms with Gasteiger partial charge in [0.15, 0.2) is 5.78 Å². The van der Waals surface area contributed by atoms with E-state index < -0.39 is 5.41 Å². The molecule has 6 heteroatoms. The quantitative estimate of drug-likeness (QED) is 0.150. The number of carbonyl (C=O) groups excluding carboxylic acids is 1. The molecule has 0 saturated carbocycles. The largest absolute Gasteiger partial charge is 0.355 e. The van der Waals surface area contributed by atoms with E-state index in [0.29, 0.717) is 5.70 Å². The van der Waals surface area contributed by atoms with Gasteiger partial charge in [0, 0.05) is 44.6 Å². The number of aromatic amines is 3. The number of hydrogen-bond donors (Lipinski definition) is 4. The first kappa shape index (κ1) is 28.5. The first-order chi connectivity index (χ1) is 21.0. The van der Waals surface area contributed by atoms with Crippen LogP contribution in [0.4, 0.5) is 0 Å². The van der Waals surface area contributed by atoms with E-state index in [0.717, 1.165) is 59.5 Å². The summed E-state index contributed by atoms with van der Waals surface area (Å²) in [6, 6.07) is 25.9. The van der Waals surface area contributed by atoms with Crippen LogP contribution in [0.2, 0.25) is 0 Å². The molecular weight excluding hydrogens is 655 g/mol. The van der Waals surface area contributed by atoms with E-state index >= 15 is 0 Å². The summed E-state index contributed by atoms with van der Waals surface area (Å²) in [6.45, 7) is 12.6. The Balaban J connectivity index is 1.62. The Hall–Kier alpha value is -4.30. The van der Waals surface area contributed by atoms with Crippen molar-refractivity contribution in [1.82, 2.24) is 20.3 Å². The number of benzene rings is 2. The highest BCUT2D eigenvalue weighted by Gasteiger charge is 2.43. The number of fused-ring (bicyclic) bond motifs is 8. The van der Waals surface area contributed by atoms with Crippen LogP contribution in [0.25, 0.3) is 20.8 Å². The molecule has 44 heavy (non-hydrogen) atoms. The van der Waals surface area contributed by atoms with Crippen molar-refractivity contribution in [1.29, 1.82) is 0 Å². The van der Waals surface area contributed by atoms with Crippen LogP contribution in [0, 0.1) is 33.1 Å². The standard InChI is InChI=1S/C38H35IN4O/c1-20-7-9-24(10-8-20)33-26-12-11-25(40-26)19-31-38(5,6)37(44)36(43-31)35(39)30-16-15-29(42-30)34(28-14-13-27(33)41-28)32-22(3)17-21(2)18-23(32)4/h7-19,40-43H,1-6H3. The van der Waals surface area contributed by atoms with E-state index in [-0.39, 0.29) is 5.78 Å². The molecule has 0 amide bonds. The zero-order chi connectivity index (χ0) is 30.9. The highest BCUT2D eigenvalue weighted by atomic mass is 127. The van der Waals surface area contributed by atoms with E-state index in [9.17, 15) is 4.79 Å². The van der Waals surface area contributed by atoms with Crippen LogP contribution in [0.5, 0.6) is 0 Å². The van der Waals surface area contributed by atoms with Gasteiger partial charge in [0.1, 0.15) is 0 Å². The average molecular weight is 691 g/mol. The maximum atomic E-state index is 13.8. The molecule has 2 aliphatic rings. The highest BCUT2D eigenvalue weighted by molar-refractivity contribution is 14.1. The monoisotopic (exact) mass is 690 g/mol. The zero-order valence-electron chi connectivity index (χ0n) is 25.8. The van der Waals surface area contributed by atoms with Crippen molar-refractivity contribution in [3.05, 3.63) is 151 Å². The van der Waals surface area contributed by atoms with Gasteiger partial charge in [-0.1, -0.05) is 47.5 Å². The van der Waals surface area contributed by atoms with Crippen molar-refractivity contribution in [2.75, 3.05) is 0 Å². The molecule has 1 fully saturated rings. The molecule has 3 aromatic heterocycles. The van der Waals surface area contributed by atoms with Gasteiger partial charge >= 0.3 is 0 Å². The molecule has 5 nitrogen and oxygen atoms in total. The van der Waals surface area contributed by atoms with Crippen LogP contribution < -0.4 is 16.0 Å². The number of carbonyl (C=O) groups is 1. The van der Waals surface area contributed by atoms with Gasteiger partial charge in [0.2, 0.25) is 0 Å². The predicted molar refractivity (Wildman–Crippen MR) is 188 cm³/mol. The number of allylic oxidation sites excluding steroid dienone is 2. The Morgan fingerprint density at radius 3 is 1.98 bits per heavy atom. The Kier molecular flexibility index (Phi) is 6.73. The molecular formula is C38H35IN4O. The number of Topliss-reactive ketones (excluding diaryl/α,β-unsaturated/α-hetero) is 1. The lowest BCUT2D eigenvalue weighted by atomic mass is 9.86. The maximum absolute atomic E-state index is 13.8. The third-order valence-electron chi connectivity index (χ3n) is 8.91. The smallest absolute Gasteiger partial charge is 0.191 e. The zero-order valence-corrected chi connectivity index (χ0v) is 27.9. The molecule has 0 aliphatic carbocycles. The normalized spacial score (nSPS) is 16.0. The topological polar surface area (TPSA) is 76.5 Å². The van der Waals surface area contributed by atoms with Gasteiger partial charge in [-0.15, -0.1) is 0 Å². The second-order valence-corrected chi connectivity index (χ2v) is 13.7. The van der Waals surface area contributed by atoms with Crippen LogP contribution >= 0.6 is 22.6 Å². The number of ketones is 1. The molecule has 1 saturated heterocycles. The first-order valence-electron chi connectivity index (χ1n) is 14.9. The third kappa shape index (κ3) is 4.63. The van der Waals surface area contributed by atoms with Gasteiger partial charge < -0.3 is 20.3 Å². The summed E-state index contributed by atoms with van der Waals surface area (Å²) in [6.07, 6.45) is 2.06. The Bertz CT molecular complexity index is 2160. The van der Waals surface area contributed by atoms with Crippen molar-refractivity contribution >= 4 is 49.2 Å². The number of H-pyrrole nitrogens is 3. The maximum Gasteiger partial charge on any atom is 0.191 e. The minimum atomic E-state index is -0.689. The Morgan fingerprint density at radius 2 is 1.27 bits per heavy atom. The van der Waals surface area contributed by atoms with Crippen molar-refractivity contribution in [3.8, 4) is 0 Å². The van der Waals surface area contributed by atoms with Gasteiger partial charge in [-0.05, 0) is 129 Å². The molecule has 5 aromatic rings. The number of halogens is 1. The fourth-order valence-electron chi connectivity index (χ4n) is 6.61. The number of nitrogens with one attached hydrogen (secondary N) is 4. The number of hydrogen-bond acceptors (Lipinski definition) is 2. The first-order valence-corrected chi connectivity index (χ1v) is 16.0. The lowest BCUT2D eigenvalue weighted by Crippen LogP contribution is -2.20. The van der Waals surface area contributed by atoms with Crippen LogP contribution in [0.15, 0.2) is 84.2 Å². The molecule has 7 rings (SSSR count). The molecule has 0 radical (unpaired) electrons. The second-order valence-electron chi connectivity index (χ2n) is 12.6. The molecule has 0 unspecified atom stereocenters. The predicted octanol–water partition coefficient (Wildman–Crippen LogP) is 7.06. The average Bonchev–Trinajstić information content (AvgIpc) is 3.77. The minimum absolute atomic E-state index is 0.0790. The summed E-state index contributed by atoms with van der Waals surface area (Å²) in [5.74, 6) is 0.0790. The fourth-order valence-corrected chi connectivity index (χ4v) is 7.30. The molecule has 2 aliphatic heterocycles. The summed E-state index contributed by atoms with van der Waals surface area (Å²) in [5, 5.41) is 5.55. The van der Waals surface area contributed by atoms with Crippen LogP contribution in [0.3, 0.4) is 0 Å². The van der Waals surface area contributed by atoms with Crippen LogP contribution in [-0.4, -0.2) is 20.7 Å². The fraction of sp³-hybridized carbons (Fsp3) is 0.184. The highest BCUT2D eigenvalue weighted by Crippen LogP contribution is 2.41. The SMILES string of the molecule is Cc1ccc(C2=c3ccc([nH]3)=C(c3c(C)cc(C)cc3C)c3ccc([nH]3)C(I)=C3NC(=Cc4ccc2[nH]4)C(C)(C)C3=O)cc1. The van der Waals surface area contributed by atoms with E-state index in [2.05, 4.69) is 149 Å². The van der Waals surface area contributed by atoms with E-state index in [1.54, 1.807) is 0 Å². The van der Waals surface area contributed by atoms with Crippen molar-refractivity contribution in [2.45, 2.75) is 41.5 Å². The van der Waals surface area contributed by atoms with Crippen LogP contribution in [0.1, 0.15) is 70.0 Å². The Labute approximate surface area is 271 Å². The third-order valence-corrected chi connectivity index (χ3v) is 10.0. The summed E-state index contributed by atoms with van der Waals surface area (Å²) >= 11 is 2.30. The van der Waals surface area contributed by atoms with Crippen molar-refractivity contribution in [2.24, 2.45) is 5.41 Å². The molecule has 0 atom stereocenters. The van der Waals surface area contributed by atoms with E-state index in [1.165, 1.54) is 27.8 Å². The number of rotatable bonds is 2. The Morgan fingerprint density at radius 1 is 0.659 bits per heavy atom. The van der Waals surface area contributed by atoms with Gasteiger partial charge in [0.25, 0.3) is 0 Å². The summed E-state index contributed by atoms with van der Waals surface area (Å²) < 4.78 is 0.869. The van der Waals surface area contributed by atoms with Gasteiger partial charge in [0.05, 0.1) is 20.4 Å². The van der Waals surface area contributed by atoms with Gasteiger partial charge in [-0.2, -0.15) is 0 Å². The van der Waals surface area contributed by atoms with Crippen LogP contribution in [-0.2, 0) is 4.79 Å². The van der Waals surface area contributed by atoms with Crippen molar-refractivity contribution in [3.63, 3.8) is 0 Å². The summed E-state index contributed by atoms with van der Waals surface area (Å²) in [4.78, 5) is 25.0. The molecule has 220 valence electrons.